The summed E-state index contributed by atoms with van der Waals surface area (Å²) < 4.78 is 5.88. The Morgan fingerprint density at radius 1 is 0.886 bits per heavy atom. The molecular formula is C31H29NO2S. The SMILES string of the molecule is CSc1ccc(C2=C(c3cccc(-c4cc(C(C)C)cc5cccnc45)c3)C(C)(C)OC2=O)cc1. The first-order chi connectivity index (χ1) is 16.8. The molecule has 0 spiro atoms. The fraction of sp³-hybridized carbons (Fsp3) is 0.226. The lowest BCUT2D eigenvalue weighted by Crippen LogP contribution is -2.22. The van der Waals surface area contributed by atoms with Crippen LogP contribution >= 0.6 is 11.8 Å². The van der Waals surface area contributed by atoms with Crippen LogP contribution < -0.4 is 0 Å². The van der Waals surface area contributed by atoms with E-state index >= 15 is 0 Å². The van der Waals surface area contributed by atoms with Crippen molar-refractivity contribution in [3.05, 3.63) is 95.7 Å². The largest absolute Gasteiger partial charge is 0.451 e. The molecule has 2 heterocycles. The summed E-state index contributed by atoms with van der Waals surface area (Å²) in [5, 5.41) is 1.13. The highest BCUT2D eigenvalue weighted by Gasteiger charge is 2.41. The van der Waals surface area contributed by atoms with E-state index in [-0.39, 0.29) is 5.97 Å². The van der Waals surface area contributed by atoms with Crippen molar-refractivity contribution in [2.45, 2.75) is 44.1 Å². The summed E-state index contributed by atoms with van der Waals surface area (Å²) in [5.41, 5.74) is 7.12. The number of ether oxygens (including phenoxy) is 1. The van der Waals surface area contributed by atoms with Crippen LogP contribution in [0.2, 0.25) is 0 Å². The van der Waals surface area contributed by atoms with Gasteiger partial charge in [-0.1, -0.05) is 50.2 Å². The Bertz CT molecular complexity index is 1470. The first kappa shape index (κ1) is 23.4. The van der Waals surface area contributed by atoms with Gasteiger partial charge in [-0.2, -0.15) is 0 Å². The lowest BCUT2D eigenvalue weighted by molar-refractivity contribution is -0.141. The van der Waals surface area contributed by atoms with Gasteiger partial charge in [0, 0.05) is 27.6 Å². The number of aromatic nitrogens is 1. The molecule has 3 nitrogen and oxygen atoms in total. The van der Waals surface area contributed by atoms with Crippen LogP contribution in [0.5, 0.6) is 0 Å². The summed E-state index contributed by atoms with van der Waals surface area (Å²) in [4.78, 5) is 19.0. The molecule has 3 aromatic carbocycles. The van der Waals surface area contributed by atoms with Gasteiger partial charge in [-0.15, -0.1) is 11.8 Å². The molecule has 35 heavy (non-hydrogen) atoms. The number of rotatable bonds is 5. The number of fused-ring (bicyclic) bond motifs is 1. The number of pyridine rings is 1. The predicted molar refractivity (Wildman–Crippen MR) is 146 cm³/mol. The summed E-state index contributed by atoms with van der Waals surface area (Å²) in [6.07, 6.45) is 3.89. The number of esters is 1. The van der Waals surface area contributed by atoms with Crippen molar-refractivity contribution < 1.29 is 9.53 Å². The van der Waals surface area contributed by atoms with Crippen molar-refractivity contribution in [1.29, 1.82) is 0 Å². The maximum Gasteiger partial charge on any atom is 0.340 e. The molecule has 1 aliphatic heterocycles. The molecule has 1 aromatic heterocycles. The third-order valence-electron chi connectivity index (χ3n) is 6.64. The monoisotopic (exact) mass is 479 g/mol. The Labute approximate surface area is 211 Å². The minimum Gasteiger partial charge on any atom is -0.451 e. The first-order valence-corrected chi connectivity index (χ1v) is 13.1. The summed E-state index contributed by atoms with van der Waals surface area (Å²) >= 11 is 1.68. The quantitative estimate of drug-likeness (QED) is 0.215. The van der Waals surface area contributed by atoms with Crippen LogP contribution in [0.4, 0.5) is 0 Å². The lowest BCUT2D eigenvalue weighted by Gasteiger charge is -2.22. The van der Waals surface area contributed by atoms with Gasteiger partial charge in [-0.25, -0.2) is 4.79 Å². The minimum atomic E-state index is -0.733. The average molecular weight is 480 g/mol. The number of hydrogen-bond acceptors (Lipinski definition) is 4. The zero-order chi connectivity index (χ0) is 24.7. The van der Waals surface area contributed by atoms with Crippen molar-refractivity contribution in [2.75, 3.05) is 6.26 Å². The molecular weight excluding hydrogens is 450 g/mol. The molecule has 0 N–H and O–H groups in total. The van der Waals surface area contributed by atoms with Gasteiger partial charge in [0.25, 0.3) is 0 Å². The van der Waals surface area contributed by atoms with Crippen LogP contribution in [-0.4, -0.2) is 22.8 Å². The Kier molecular flexibility index (Phi) is 6.02. The lowest BCUT2D eigenvalue weighted by atomic mass is 9.85. The maximum absolute atomic E-state index is 13.1. The van der Waals surface area contributed by atoms with Gasteiger partial charge < -0.3 is 4.74 Å². The van der Waals surface area contributed by atoms with E-state index in [2.05, 4.69) is 68.4 Å². The molecule has 0 atom stereocenters. The summed E-state index contributed by atoms with van der Waals surface area (Å²) in [6.45, 7) is 8.35. The second-order valence-electron chi connectivity index (χ2n) is 9.76. The van der Waals surface area contributed by atoms with Crippen molar-refractivity contribution in [2.24, 2.45) is 0 Å². The number of hydrogen-bond donors (Lipinski definition) is 0. The standard InChI is InChI=1S/C31H29NO2S/c1-19(2)24-17-23-10-7-15-32-29(23)26(18-24)21-8-6-9-22(16-21)28-27(30(33)34-31(28,3)4)20-11-13-25(35-5)14-12-20/h6-19H,1-5H3. The Hall–Kier alpha value is -3.37. The molecule has 0 bridgehead atoms. The van der Waals surface area contributed by atoms with Gasteiger partial charge >= 0.3 is 5.97 Å². The number of benzene rings is 3. The van der Waals surface area contributed by atoms with E-state index < -0.39 is 5.60 Å². The molecule has 0 saturated carbocycles. The average Bonchev–Trinajstić information content (AvgIpc) is 3.11. The maximum atomic E-state index is 13.1. The van der Waals surface area contributed by atoms with E-state index in [1.807, 2.05) is 44.5 Å². The molecule has 0 saturated heterocycles. The van der Waals surface area contributed by atoms with E-state index in [1.54, 1.807) is 11.8 Å². The van der Waals surface area contributed by atoms with Crippen molar-refractivity contribution in [3.63, 3.8) is 0 Å². The number of nitrogens with zero attached hydrogens (tertiary/aromatic N) is 1. The fourth-order valence-corrected chi connectivity index (χ4v) is 5.27. The molecule has 0 aliphatic carbocycles. The fourth-order valence-electron chi connectivity index (χ4n) is 4.86. The molecule has 0 fully saturated rings. The van der Waals surface area contributed by atoms with Crippen LogP contribution in [0.15, 0.2) is 83.9 Å². The third-order valence-corrected chi connectivity index (χ3v) is 7.38. The number of carbonyl (C=O) groups is 1. The van der Waals surface area contributed by atoms with E-state index in [4.69, 9.17) is 9.72 Å². The van der Waals surface area contributed by atoms with Crippen LogP contribution in [-0.2, 0) is 9.53 Å². The second-order valence-corrected chi connectivity index (χ2v) is 10.6. The van der Waals surface area contributed by atoms with Crippen molar-refractivity contribution in [1.82, 2.24) is 4.98 Å². The normalized spacial score (nSPS) is 15.2. The summed E-state index contributed by atoms with van der Waals surface area (Å²) in [6, 6.07) is 25.1. The van der Waals surface area contributed by atoms with Crippen molar-refractivity contribution in [3.8, 4) is 11.1 Å². The zero-order valence-corrected chi connectivity index (χ0v) is 21.6. The minimum absolute atomic E-state index is 0.277. The van der Waals surface area contributed by atoms with Gasteiger partial charge in [-0.05, 0) is 84.7 Å². The number of cyclic esters (lactones) is 1. The molecule has 4 heteroatoms. The van der Waals surface area contributed by atoms with Gasteiger partial charge in [-0.3, -0.25) is 4.98 Å². The third kappa shape index (κ3) is 4.28. The molecule has 0 unspecified atom stereocenters. The van der Waals surface area contributed by atoms with Crippen LogP contribution in [0, 0.1) is 0 Å². The van der Waals surface area contributed by atoms with Gasteiger partial charge in [0.2, 0.25) is 0 Å². The predicted octanol–water partition coefficient (Wildman–Crippen LogP) is 7.99. The molecule has 0 radical (unpaired) electrons. The number of thioether (sulfide) groups is 1. The van der Waals surface area contributed by atoms with Crippen LogP contribution in [0.25, 0.3) is 33.2 Å². The van der Waals surface area contributed by atoms with Crippen LogP contribution in [0.1, 0.15) is 50.3 Å². The van der Waals surface area contributed by atoms with E-state index in [1.165, 1.54) is 5.56 Å². The van der Waals surface area contributed by atoms with Gasteiger partial charge in [0.05, 0.1) is 11.1 Å². The number of carbonyl (C=O) groups excluding carboxylic acids is 1. The Morgan fingerprint density at radius 3 is 2.34 bits per heavy atom. The molecule has 1 aliphatic rings. The smallest absolute Gasteiger partial charge is 0.340 e. The first-order valence-electron chi connectivity index (χ1n) is 11.9. The van der Waals surface area contributed by atoms with Crippen molar-refractivity contribution >= 4 is 39.8 Å². The highest BCUT2D eigenvalue weighted by molar-refractivity contribution is 7.98. The topological polar surface area (TPSA) is 39.2 Å². The summed E-state index contributed by atoms with van der Waals surface area (Å²) in [5.74, 6) is 0.126. The summed E-state index contributed by atoms with van der Waals surface area (Å²) in [7, 11) is 0. The van der Waals surface area contributed by atoms with Gasteiger partial charge in [0.1, 0.15) is 5.60 Å². The van der Waals surface area contributed by atoms with Gasteiger partial charge in [0.15, 0.2) is 0 Å². The van der Waals surface area contributed by atoms with E-state index in [0.717, 1.165) is 43.6 Å². The Balaban J connectivity index is 1.71. The zero-order valence-electron chi connectivity index (χ0n) is 20.8. The highest BCUT2D eigenvalue weighted by atomic mass is 32.2. The molecule has 5 rings (SSSR count). The molecule has 4 aromatic rings. The van der Waals surface area contributed by atoms with Crippen LogP contribution in [0.3, 0.4) is 0 Å². The van der Waals surface area contributed by atoms with E-state index in [9.17, 15) is 4.79 Å². The van der Waals surface area contributed by atoms with E-state index in [0.29, 0.717) is 11.5 Å². The molecule has 176 valence electrons. The second kappa shape index (κ2) is 9.01. The molecule has 0 amide bonds. The highest BCUT2D eigenvalue weighted by Crippen LogP contribution is 2.45. The Morgan fingerprint density at radius 2 is 1.63 bits per heavy atom.